The molecule has 1 aromatic heterocycles. The highest BCUT2D eigenvalue weighted by atomic mass is 16.4. The molecular weight excluding hydrogens is 194 g/mol. The maximum absolute atomic E-state index is 11.2. The van der Waals surface area contributed by atoms with Crippen molar-refractivity contribution in [1.82, 2.24) is 9.97 Å². The van der Waals surface area contributed by atoms with Gasteiger partial charge >= 0.3 is 5.97 Å². The molecule has 1 N–H and O–H groups in total. The highest BCUT2D eigenvalue weighted by Gasteiger charge is 2.44. The Bertz CT molecular complexity index is 368. The molecule has 15 heavy (non-hydrogen) atoms. The quantitative estimate of drug-likeness (QED) is 0.781. The highest BCUT2D eigenvalue weighted by molar-refractivity contribution is 5.83. The molecule has 1 unspecified atom stereocenters. The maximum atomic E-state index is 11.2. The first kappa shape index (κ1) is 9.89. The topological polar surface area (TPSA) is 66.3 Å². The van der Waals surface area contributed by atoms with Gasteiger partial charge in [0.05, 0.1) is 6.20 Å². The molecule has 0 aliphatic carbocycles. The summed E-state index contributed by atoms with van der Waals surface area (Å²) < 4.78 is 0. The normalized spacial score (nSPS) is 25.5. The molecule has 0 spiro atoms. The van der Waals surface area contributed by atoms with Crippen molar-refractivity contribution in [3.8, 4) is 0 Å². The minimum absolute atomic E-state index is 0.639. The van der Waals surface area contributed by atoms with E-state index in [9.17, 15) is 9.90 Å². The Morgan fingerprint density at radius 3 is 3.00 bits per heavy atom. The van der Waals surface area contributed by atoms with Crippen molar-refractivity contribution < 1.29 is 9.90 Å². The summed E-state index contributed by atoms with van der Waals surface area (Å²) in [5.74, 6) is -0.162. The average molecular weight is 207 g/mol. The zero-order chi connectivity index (χ0) is 10.9. The average Bonchev–Trinajstić information content (AvgIpc) is 2.63. The molecule has 2 rings (SSSR count). The van der Waals surface area contributed by atoms with Crippen LogP contribution >= 0.6 is 0 Å². The molecular formula is C10H13N3O2. The summed E-state index contributed by atoms with van der Waals surface area (Å²) in [5, 5.41) is 9.21. The van der Waals surface area contributed by atoms with Crippen molar-refractivity contribution in [3.05, 3.63) is 18.6 Å². The monoisotopic (exact) mass is 207 g/mol. The molecule has 0 aromatic carbocycles. The van der Waals surface area contributed by atoms with Crippen molar-refractivity contribution in [3.63, 3.8) is 0 Å². The Morgan fingerprint density at radius 1 is 1.60 bits per heavy atom. The van der Waals surface area contributed by atoms with Crippen LogP contribution in [0.1, 0.15) is 19.8 Å². The number of hydrogen-bond acceptors (Lipinski definition) is 4. The molecule has 1 fully saturated rings. The Balaban J connectivity index is 2.34. The van der Waals surface area contributed by atoms with Gasteiger partial charge in [-0.05, 0) is 19.8 Å². The van der Waals surface area contributed by atoms with E-state index >= 15 is 0 Å². The fraction of sp³-hybridized carbons (Fsp3) is 0.500. The minimum atomic E-state index is -0.837. The first-order valence-corrected chi connectivity index (χ1v) is 4.91. The van der Waals surface area contributed by atoms with Gasteiger partial charge in [0.2, 0.25) is 0 Å². The lowest BCUT2D eigenvalue weighted by molar-refractivity contribution is -0.142. The number of carboxylic acids is 1. The largest absolute Gasteiger partial charge is 0.480 e. The van der Waals surface area contributed by atoms with Crippen molar-refractivity contribution in [2.75, 3.05) is 11.4 Å². The first-order valence-electron chi connectivity index (χ1n) is 4.91. The predicted octanol–water partition coefficient (Wildman–Crippen LogP) is 0.920. The number of nitrogens with zero attached hydrogens (tertiary/aromatic N) is 3. The summed E-state index contributed by atoms with van der Waals surface area (Å²) in [6, 6.07) is 0. The number of carbonyl (C=O) groups is 1. The van der Waals surface area contributed by atoms with Crippen molar-refractivity contribution in [2.45, 2.75) is 25.3 Å². The van der Waals surface area contributed by atoms with Crippen LogP contribution in [-0.4, -0.2) is 33.1 Å². The summed E-state index contributed by atoms with van der Waals surface area (Å²) in [6.07, 6.45) is 6.29. The molecule has 1 aliphatic rings. The Hall–Kier alpha value is -1.65. The van der Waals surface area contributed by atoms with Crippen LogP contribution in [0.4, 0.5) is 5.82 Å². The molecule has 0 bridgehead atoms. The summed E-state index contributed by atoms with van der Waals surface area (Å²) in [4.78, 5) is 21.1. The van der Waals surface area contributed by atoms with Gasteiger partial charge in [-0.3, -0.25) is 4.98 Å². The van der Waals surface area contributed by atoms with Gasteiger partial charge in [-0.25, -0.2) is 9.78 Å². The van der Waals surface area contributed by atoms with Crippen LogP contribution in [0.2, 0.25) is 0 Å². The number of carboxylic acid groups (broad SMARTS) is 1. The van der Waals surface area contributed by atoms with E-state index < -0.39 is 11.5 Å². The number of aliphatic carboxylic acids is 1. The molecule has 5 nitrogen and oxygen atoms in total. The third kappa shape index (κ3) is 1.54. The van der Waals surface area contributed by atoms with Crippen molar-refractivity contribution in [2.24, 2.45) is 0 Å². The predicted molar refractivity (Wildman–Crippen MR) is 54.7 cm³/mol. The zero-order valence-electron chi connectivity index (χ0n) is 8.55. The van der Waals surface area contributed by atoms with Crippen LogP contribution < -0.4 is 4.90 Å². The first-order chi connectivity index (χ1) is 7.14. The second kappa shape index (κ2) is 3.49. The zero-order valence-corrected chi connectivity index (χ0v) is 8.55. The van der Waals surface area contributed by atoms with Gasteiger partial charge in [-0.1, -0.05) is 0 Å². The van der Waals surface area contributed by atoms with Crippen LogP contribution in [0.3, 0.4) is 0 Å². The SMILES string of the molecule is CC1(C(=O)O)CCCN1c1cnccn1. The van der Waals surface area contributed by atoms with Crippen LogP contribution in [0.25, 0.3) is 0 Å². The lowest BCUT2D eigenvalue weighted by Gasteiger charge is -2.31. The molecule has 1 atom stereocenters. The molecule has 80 valence electrons. The van der Waals surface area contributed by atoms with Gasteiger partial charge in [0.15, 0.2) is 0 Å². The molecule has 0 amide bonds. The van der Waals surface area contributed by atoms with Gasteiger partial charge in [0.25, 0.3) is 0 Å². The van der Waals surface area contributed by atoms with E-state index in [1.54, 1.807) is 25.5 Å². The fourth-order valence-corrected chi connectivity index (χ4v) is 1.98. The number of anilines is 1. The smallest absolute Gasteiger partial charge is 0.329 e. The summed E-state index contributed by atoms with van der Waals surface area (Å²) in [5.41, 5.74) is -0.837. The van der Waals surface area contributed by atoms with E-state index in [0.717, 1.165) is 13.0 Å². The molecule has 5 heteroatoms. The number of aromatic nitrogens is 2. The number of hydrogen-bond donors (Lipinski definition) is 1. The molecule has 2 heterocycles. The van der Waals surface area contributed by atoms with Gasteiger partial charge in [-0.2, -0.15) is 0 Å². The second-order valence-corrected chi connectivity index (χ2v) is 3.90. The van der Waals surface area contributed by atoms with Crippen LogP contribution in [-0.2, 0) is 4.79 Å². The van der Waals surface area contributed by atoms with E-state index in [1.807, 2.05) is 4.90 Å². The third-order valence-electron chi connectivity index (χ3n) is 2.93. The maximum Gasteiger partial charge on any atom is 0.329 e. The molecule has 0 radical (unpaired) electrons. The molecule has 1 saturated heterocycles. The fourth-order valence-electron chi connectivity index (χ4n) is 1.98. The summed E-state index contributed by atoms with van der Waals surface area (Å²) >= 11 is 0. The summed E-state index contributed by atoms with van der Waals surface area (Å²) in [7, 11) is 0. The number of rotatable bonds is 2. The molecule has 1 aromatic rings. The molecule has 1 aliphatic heterocycles. The van der Waals surface area contributed by atoms with E-state index in [-0.39, 0.29) is 0 Å². The Morgan fingerprint density at radius 2 is 2.40 bits per heavy atom. The van der Waals surface area contributed by atoms with Crippen LogP contribution in [0, 0.1) is 0 Å². The lowest BCUT2D eigenvalue weighted by Crippen LogP contribution is -2.48. The second-order valence-electron chi connectivity index (χ2n) is 3.90. The third-order valence-corrected chi connectivity index (χ3v) is 2.93. The van der Waals surface area contributed by atoms with Crippen molar-refractivity contribution >= 4 is 11.8 Å². The summed E-state index contributed by atoms with van der Waals surface area (Å²) in [6.45, 7) is 2.46. The van der Waals surface area contributed by atoms with E-state index in [1.165, 1.54) is 0 Å². The minimum Gasteiger partial charge on any atom is -0.480 e. The van der Waals surface area contributed by atoms with Crippen LogP contribution in [0.5, 0.6) is 0 Å². The lowest BCUT2D eigenvalue weighted by atomic mass is 9.99. The molecule has 0 saturated carbocycles. The van der Waals surface area contributed by atoms with Crippen LogP contribution in [0.15, 0.2) is 18.6 Å². The van der Waals surface area contributed by atoms with E-state index in [2.05, 4.69) is 9.97 Å². The Labute approximate surface area is 87.8 Å². The standard InChI is InChI=1S/C10H13N3O2/c1-10(9(14)15)3-2-6-13(10)8-7-11-4-5-12-8/h4-5,7H,2-3,6H2,1H3,(H,14,15). The van der Waals surface area contributed by atoms with Crippen molar-refractivity contribution in [1.29, 1.82) is 0 Å². The Kier molecular flexibility index (Phi) is 2.30. The van der Waals surface area contributed by atoms with Gasteiger partial charge in [0, 0.05) is 18.9 Å². The van der Waals surface area contributed by atoms with E-state index in [4.69, 9.17) is 0 Å². The van der Waals surface area contributed by atoms with E-state index in [0.29, 0.717) is 12.2 Å². The van der Waals surface area contributed by atoms with Gasteiger partial charge < -0.3 is 10.0 Å². The van der Waals surface area contributed by atoms with Gasteiger partial charge in [-0.15, -0.1) is 0 Å². The van der Waals surface area contributed by atoms with Gasteiger partial charge in [0.1, 0.15) is 11.4 Å². The highest BCUT2D eigenvalue weighted by Crippen LogP contribution is 2.32.